The molecule has 1 aromatic heterocycles. The van der Waals surface area contributed by atoms with E-state index >= 15 is 0 Å². The first-order chi connectivity index (χ1) is 11.6. The van der Waals surface area contributed by atoms with Crippen molar-refractivity contribution in [3.8, 4) is 0 Å². The van der Waals surface area contributed by atoms with E-state index < -0.39 is 6.04 Å². The zero-order valence-electron chi connectivity index (χ0n) is 13.6. The summed E-state index contributed by atoms with van der Waals surface area (Å²) >= 11 is 0. The molecule has 4 rings (SSSR count). The van der Waals surface area contributed by atoms with Crippen molar-refractivity contribution in [2.45, 2.75) is 32.4 Å². The molecule has 5 nitrogen and oxygen atoms in total. The van der Waals surface area contributed by atoms with Crippen molar-refractivity contribution >= 4 is 17.5 Å². The fourth-order valence-electron chi connectivity index (χ4n) is 3.71. The van der Waals surface area contributed by atoms with Gasteiger partial charge in [-0.3, -0.25) is 14.6 Å². The molecule has 2 amide bonds. The number of anilines is 1. The van der Waals surface area contributed by atoms with Crippen molar-refractivity contribution in [1.82, 2.24) is 9.88 Å². The van der Waals surface area contributed by atoms with E-state index in [1.165, 1.54) is 6.92 Å². The minimum Gasteiger partial charge on any atom is -0.326 e. The number of carbonyl (C=O) groups is 2. The summed E-state index contributed by atoms with van der Waals surface area (Å²) in [4.78, 5) is 33.0. The van der Waals surface area contributed by atoms with E-state index in [2.05, 4.69) is 11.1 Å². The zero-order chi connectivity index (χ0) is 16.7. The molecule has 2 aliphatic heterocycles. The standard InChI is InChI=1S/C19H19N3O2/c1-13(23)22-12-16-5-3-2-4-14(16)10-18(22)19(24)21-9-7-15-11-20-8-6-17(15)21/h2-6,8,11,18H,7,9-10,12H2,1H3/t18-/m1/s1. The van der Waals surface area contributed by atoms with Crippen molar-refractivity contribution in [2.75, 3.05) is 11.4 Å². The molecule has 0 saturated carbocycles. The van der Waals surface area contributed by atoms with Gasteiger partial charge < -0.3 is 9.80 Å². The first kappa shape index (κ1) is 14.9. The lowest BCUT2D eigenvalue weighted by molar-refractivity contribution is -0.139. The van der Waals surface area contributed by atoms with Crippen LogP contribution in [0.1, 0.15) is 23.6 Å². The third-order valence-corrected chi connectivity index (χ3v) is 4.98. The number of hydrogen-bond acceptors (Lipinski definition) is 3. The molecular formula is C19H19N3O2. The van der Waals surface area contributed by atoms with Gasteiger partial charge in [0.25, 0.3) is 0 Å². The van der Waals surface area contributed by atoms with Crippen molar-refractivity contribution < 1.29 is 9.59 Å². The summed E-state index contributed by atoms with van der Waals surface area (Å²) < 4.78 is 0. The summed E-state index contributed by atoms with van der Waals surface area (Å²) in [7, 11) is 0. The average molecular weight is 321 g/mol. The predicted molar refractivity (Wildman–Crippen MR) is 90.5 cm³/mol. The molecule has 0 N–H and O–H groups in total. The molecule has 5 heteroatoms. The van der Waals surface area contributed by atoms with E-state index in [9.17, 15) is 9.59 Å². The Kier molecular flexibility index (Phi) is 3.56. The zero-order valence-corrected chi connectivity index (χ0v) is 13.6. The SMILES string of the molecule is CC(=O)N1Cc2ccccc2C[C@@H]1C(=O)N1CCc2cnccc21. The summed E-state index contributed by atoms with van der Waals surface area (Å²) in [5.41, 5.74) is 4.30. The van der Waals surface area contributed by atoms with Gasteiger partial charge in [-0.15, -0.1) is 0 Å². The molecule has 3 heterocycles. The Labute approximate surface area is 140 Å². The van der Waals surface area contributed by atoms with Crippen LogP contribution in [0.2, 0.25) is 0 Å². The Bertz CT molecular complexity index is 818. The lowest BCUT2D eigenvalue weighted by Gasteiger charge is -2.37. The Hall–Kier alpha value is -2.69. The van der Waals surface area contributed by atoms with E-state index in [1.54, 1.807) is 11.1 Å². The summed E-state index contributed by atoms with van der Waals surface area (Å²) in [6.07, 6.45) is 4.93. The van der Waals surface area contributed by atoms with Gasteiger partial charge in [-0.05, 0) is 29.2 Å². The number of pyridine rings is 1. The second-order valence-corrected chi connectivity index (χ2v) is 6.38. The molecule has 122 valence electrons. The number of amides is 2. The average Bonchev–Trinajstić information content (AvgIpc) is 3.04. The van der Waals surface area contributed by atoms with Crippen LogP contribution in [0.3, 0.4) is 0 Å². The fourth-order valence-corrected chi connectivity index (χ4v) is 3.71. The molecule has 0 radical (unpaired) electrons. The van der Waals surface area contributed by atoms with Gasteiger partial charge in [-0.2, -0.15) is 0 Å². The van der Waals surface area contributed by atoms with Gasteiger partial charge in [-0.25, -0.2) is 0 Å². The van der Waals surface area contributed by atoms with Gasteiger partial charge in [0.1, 0.15) is 6.04 Å². The third kappa shape index (κ3) is 2.37. The summed E-state index contributed by atoms with van der Waals surface area (Å²) in [6.45, 7) is 2.69. The Morgan fingerprint density at radius 3 is 2.71 bits per heavy atom. The van der Waals surface area contributed by atoms with Crippen LogP contribution in [0.25, 0.3) is 0 Å². The van der Waals surface area contributed by atoms with Crippen molar-refractivity contribution in [1.29, 1.82) is 0 Å². The Morgan fingerprint density at radius 1 is 1.12 bits per heavy atom. The molecule has 24 heavy (non-hydrogen) atoms. The molecule has 0 saturated heterocycles. The highest BCUT2D eigenvalue weighted by Gasteiger charge is 2.37. The van der Waals surface area contributed by atoms with E-state index in [0.717, 1.165) is 28.8 Å². The number of nitrogens with zero attached hydrogens (tertiary/aromatic N) is 3. The quantitative estimate of drug-likeness (QED) is 0.807. The van der Waals surface area contributed by atoms with Crippen LogP contribution in [0.15, 0.2) is 42.7 Å². The molecule has 0 unspecified atom stereocenters. The molecule has 0 bridgehead atoms. The molecule has 0 spiro atoms. The minimum atomic E-state index is -0.434. The summed E-state index contributed by atoms with van der Waals surface area (Å²) in [5, 5.41) is 0. The van der Waals surface area contributed by atoms with Gasteiger partial charge >= 0.3 is 0 Å². The van der Waals surface area contributed by atoms with E-state index in [4.69, 9.17) is 0 Å². The van der Waals surface area contributed by atoms with E-state index in [0.29, 0.717) is 19.5 Å². The van der Waals surface area contributed by atoms with E-state index in [1.807, 2.05) is 35.4 Å². The summed E-state index contributed by atoms with van der Waals surface area (Å²) in [5.74, 6) is -0.0540. The van der Waals surface area contributed by atoms with Gasteiger partial charge in [0.15, 0.2) is 0 Å². The van der Waals surface area contributed by atoms with Gasteiger partial charge in [0, 0.05) is 38.8 Å². The van der Waals surface area contributed by atoms with Crippen molar-refractivity contribution in [3.05, 3.63) is 59.4 Å². The number of fused-ring (bicyclic) bond motifs is 2. The van der Waals surface area contributed by atoms with Crippen LogP contribution < -0.4 is 4.90 Å². The lowest BCUT2D eigenvalue weighted by atomic mass is 9.93. The van der Waals surface area contributed by atoms with Gasteiger partial charge in [0.05, 0.1) is 5.69 Å². The fraction of sp³-hybridized carbons (Fsp3) is 0.316. The molecule has 2 aliphatic rings. The maximum Gasteiger partial charge on any atom is 0.250 e. The number of rotatable bonds is 1. The Balaban J connectivity index is 1.67. The molecule has 0 fully saturated rings. The highest BCUT2D eigenvalue weighted by molar-refractivity contribution is 6.00. The molecule has 1 aromatic carbocycles. The molecular weight excluding hydrogens is 302 g/mol. The van der Waals surface area contributed by atoms with Crippen LogP contribution in [-0.4, -0.2) is 34.3 Å². The largest absolute Gasteiger partial charge is 0.326 e. The van der Waals surface area contributed by atoms with Crippen LogP contribution in [0, 0.1) is 0 Å². The van der Waals surface area contributed by atoms with Gasteiger partial charge in [-0.1, -0.05) is 24.3 Å². The van der Waals surface area contributed by atoms with Gasteiger partial charge in [0.2, 0.25) is 11.8 Å². The van der Waals surface area contributed by atoms with E-state index in [-0.39, 0.29) is 11.8 Å². The second-order valence-electron chi connectivity index (χ2n) is 6.38. The normalized spacial score (nSPS) is 19.0. The number of carbonyl (C=O) groups excluding carboxylic acids is 2. The smallest absolute Gasteiger partial charge is 0.250 e. The molecule has 2 aromatic rings. The first-order valence-electron chi connectivity index (χ1n) is 8.23. The predicted octanol–water partition coefficient (Wildman–Crippen LogP) is 1.94. The van der Waals surface area contributed by atoms with Crippen LogP contribution in [-0.2, 0) is 29.0 Å². The van der Waals surface area contributed by atoms with Crippen LogP contribution >= 0.6 is 0 Å². The lowest BCUT2D eigenvalue weighted by Crippen LogP contribution is -2.53. The highest BCUT2D eigenvalue weighted by Crippen LogP contribution is 2.30. The number of aromatic nitrogens is 1. The summed E-state index contributed by atoms with van der Waals surface area (Å²) in [6, 6.07) is 9.49. The monoisotopic (exact) mass is 321 g/mol. The topological polar surface area (TPSA) is 53.5 Å². The minimum absolute atomic E-state index is 0.00431. The number of hydrogen-bond donors (Lipinski definition) is 0. The highest BCUT2D eigenvalue weighted by atomic mass is 16.2. The van der Waals surface area contributed by atoms with Crippen LogP contribution in [0.5, 0.6) is 0 Å². The first-order valence-corrected chi connectivity index (χ1v) is 8.23. The van der Waals surface area contributed by atoms with Crippen LogP contribution in [0.4, 0.5) is 5.69 Å². The number of benzene rings is 1. The van der Waals surface area contributed by atoms with Crippen molar-refractivity contribution in [2.24, 2.45) is 0 Å². The second kappa shape index (κ2) is 5.74. The maximum absolute atomic E-state index is 13.2. The van der Waals surface area contributed by atoms with Crippen molar-refractivity contribution in [3.63, 3.8) is 0 Å². The molecule has 0 aliphatic carbocycles. The maximum atomic E-state index is 13.2. The third-order valence-electron chi connectivity index (χ3n) is 4.98. The Morgan fingerprint density at radius 2 is 1.92 bits per heavy atom. The molecule has 1 atom stereocenters.